The molecule has 0 saturated heterocycles. The van der Waals surface area contributed by atoms with Gasteiger partial charge in [0.05, 0.1) is 5.69 Å². The average Bonchev–Trinajstić information content (AvgIpc) is 2.71. The third-order valence-electron chi connectivity index (χ3n) is 2.03. The number of oxazole rings is 1. The summed E-state index contributed by atoms with van der Waals surface area (Å²) in [5, 5.41) is 0. The summed E-state index contributed by atoms with van der Waals surface area (Å²) in [5.74, 6) is 0.194. The molecule has 0 radical (unpaired) electrons. The van der Waals surface area contributed by atoms with E-state index in [1.165, 1.54) is 6.39 Å². The average molecular weight is 174 g/mol. The lowest BCUT2D eigenvalue weighted by molar-refractivity contribution is 0.555. The molecule has 0 bridgehead atoms. The summed E-state index contributed by atoms with van der Waals surface area (Å²) in [4.78, 5) is 8.34. The van der Waals surface area contributed by atoms with Crippen molar-refractivity contribution in [2.75, 3.05) is 0 Å². The Balaban J connectivity index is 2.29. The molecule has 1 atom stereocenters. The van der Waals surface area contributed by atoms with E-state index in [2.05, 4.69) is 16.9 Å². The van der Waals surface area contributed by atoms with Gasteiger partial charge in [-0.15, -0.1) is 0 Å². The van der Waals surface area contributed by atoms with Crippen LogP contribution in [0.2, 0.25) is 0 Å². The molecule has 3 heteroatoms. The van der Waals surface area contributed by atoms with Crippen molar-refractivity contribution in [2.45, 2.75) is 12.8 Å². The van der Waals surface area contributed by atoms with Gasteiger partial charge < -0.3 is 4.42 Å². The van der Waals surface area contributed by atoms with E-state index >= 15 is 0 Å². The maximum absolute atomic E-state index is 4.92. The summed E-state index contributed by atoms with van der Waals surface area (Å²) >= 11 is 0. The second-order valence-corrected chi connectivity index (χ2v) is 2.89. The van der Waals surface area contributed by atoms with E-state index in [4.69, 9.17) is 4.42 Å². The Kier molecular flexibility index (Phi) is 2.08. The van der Waals surface area contributed by atoms with Gasteiger partial charge in [-0.05, 0) is 12.1 Å². The van der Waals surface area contributed by atoms with Crippen LogP contribution in [-0.4, -0.2) is 9.97 Å². The van der Waals surface area contributed by atoms with Crippen molar-refractivity contribution in [3.63, 3.8) is 0 Å². The van der Waals surface area contributed by atoms with Gasteiger partial charge in [-0.3, -0.25) is 4.98 Å². The molecule has 66 valence electrons. The van der Waals surface area contributed by atoms with Gasteiger partial charge in [0.25, 0.3) is 0 Å². The van der Waals surface area contributed by atoms with Crippen molar-refractivity contribution in [1.29, 1.82) is 0 Å². The fraction of sp³-hybridized carbons (Fsp3) is 0.200. The molecular formula is C10H10N2O. The molecule has 0 aliphatic carbocycles. The number of hydrogen-bond donors (Lipinski definition) is 0. The molecule has 0 amide bonds. The van der Waals surface area contributed by atoms with E-state index in [0.29, 0.717) is 0 Å². The van der Waals surface area contributed by atoms with Crippen molar-refractivity contribution >= 4 is 0 Å². The summed E-state index contributed by atoms with van der Waals surface area (Å²) in [5.41, 5.74) is 1.93. The quantitative estimate of drug-likeness (QED) is 0.700. The molecule has 0 aliphatic rings. The normalized spacial score (nSPS) is 12.7. The van der Waals surface area contributed by atoms with E-state index < -0.39 is 0 Å². The van der Waals surface area contributed by atoms with Crippen LogP contribution in [0.15, 0.2) is 41.5 Å². The van der Waals surface area contributed by atoms with Gasteiger partial charge in [0, 0.05) is 17.8 Å². The van der Waals surface area contributed by atoms with Gasteiger partial charge in [0.15, 0.2) is 6.39 Å². The zero-order chi connectivity index (χ0) is 9.10. The summed E-state index contributed by atoms with van der Waals surface area (Å²) in [6, 6.07) is 5.86. The van der Waals surface area contributed by atoms with Crippen molar-refractivity contribution in [3.8, 4) is 0 Å². The van der Waals surface area contributed by atoms with Crippen LogP contribution in [0.5, 0.6) is 0 Å². The predicted molar refractivity (Wildman–Crippen MR) is 48.3 cm³/mol. The number of nitrogens with zero attached hydrogens (tertiary/aromatic N) is 2. The topological polar surface area (TPSA) is 38.9 Å². The van der Waals surface area contributed by atoms with Crippen LogP contribution < -0.4 is 0 Å². The van der Waals surface area contributed by atoms with Gasteiger partial charge >= 0.3 is 0 Å². The Labute approximate surface area is 76.5 Å². The minimum absolute atomic E-state index is 0.194. The lowest BCUT2D eigenvalue weighted by Gasteiger charge is -2.05. The predicted octanol–water partition coefficient (Wildman–Crippen LogP) is 2.22. The SMILES string of the molecule is CC(c1ccccn1)c1cocn1. The summed E-state index contributed by atoms with van der Waals surface area (Å²) in [7, 11) is 0. The van der Waals surface area contributed by atoms with E-state index in [-0.39, 0.29) is 5.92 Å². The van der Waals surface area contributed by atoms with Gasteiger partial charge in [0.2, 0.25) is 0 Å². The lowest BCUT2D eigenvalue weighted by Crippen LogP contribution is -1.98. The van der Waals surface area contributed by atoms with E-state index in [0.717, 1.165) is 11.4 Å². The summed E-state index contributed by atoms with van der Waals surface area (Å²) in [6.45, 7) is 2.06. The second kappa shape index (κ2) is 3.39. The summed E-state index contributed by atoms with van der Waals surface area (Å²) < 4.78 is 4.92. The zero-order valence-electron chi connectivity index (χ0n) is 7.34. The molecule has 0 spiro atoms. The Bertz CT molecular complexity index is 356. The lowest BCUT2D eigenvalue weighted by atomic mass is 10.0. The number of rotatable bonds is 2. The minimum atomic E-state index is 0.194. The first-order valence-electron chi connectivity index (χ1n) is 4.17. The Morgan fingerprint density at radius 3 is 2.77 bits per heavy atom. The van der Waals surface area contributed by atoms with Crippen LogP contribution in [0, 0.1) is 0 Å². The zero-order valence-corrected chi connectivity index (χ0v) is 7.34. The maximum atomic E-state index is 4.92. The largest absolute Gasteiger partial charge is 0.451 e. The van der Waals surface area contributed by atoms with Crippen molar-refractivity contribution in [3.05, 3.63) is 48.4 Å². The maximum Gasteiger partial charge on any atom is 0.180 e. The molecule has 0 fully saturated rings. The fourth-order valence-electron chi connectivity index (χ4n) is 1.22. The monoisotopic (exact) mass is 174 g/mol. The summed E-state index contributed by atoms with van der Waals surface area (Å²) in [6.07, 6.45) is 4.88. The highest BCUT2D eigenvalue weighted by Gasteiger charge is 2.11. The van der Waals surface area contributed by atoms with Crippen molar-refractivity contribution in [1.82, 2.24) is 9.97 Å². The second-order valence-electron chi connectivity index (χ2n) is 2.89. The van der Waals surface area contributed by atoms with Crippen LogP contribution in [0.25, 0.3) is 0 Å². The highest BCUT2D eigenvalue weighted by molar-refractivity contribution is 5.18. The number of aromatic nitrogens is 2. The molecule has 1 unspecified atom stereocenters. The first-order valence-corrected chi connectivity index (χ1v) is 4.17. The molecule has 2 aromatic rings. The smallest absolute Gasteiger partial charge is 0.180 e. The molecule has 0 N–H and O–H groups in total. The highest BCUT2D eigenvalue weighted by Crippen LogP contribution is 2.19. The van der Waals surface area contributed by atoms with Crippen LogP contribution in [0.4, 0.5) is 0 Å². The molecule has 0 saturated carbocycles. The van der Waals surface area contributed by atoms with Crippen LogP contribution >= 0.6 is 0 Å². The third kappa shape index (κ3) is 1.59. The first-order chi connectivity index (χ1) is 6.38. The van der Waals surface area contributed by atoms with E-state index in [1.54, 1.807) is 12.5 Å². The minimum Gasteiger partial charge on any atom is -0.451 e. The van der Waals surface area contributed by atoms with Gasteiger partial charge in [-0.2, -0.15) is 0 Å². The highest BCUT2D eigenvalue weighted by atomic mass is 16.3. The molecule has 3 nitrogen and oxygen atoms in total. The van der Waals surface area contributed by atoms with Crippen LogP contribution in [0.3, 0.4) is 0 Å². The number of hydrogen-bond acceptors (Lipinski definition) is 3. The van der Waals surface area contributed by atoms with Crippen molar-refractivity contribution < 1.29 is 4.42 Å². The first kappa shape index (κ1) is 7.98. The molecule has 13 heavy (non-hydrogen) atoms. The molecule has 2 aromatic heterocycles. The molecule has 0 aliphatic heterocycles. The fourth-order valence-corrected chi connectivity index (χ4v) is 1.22. The van der Waals surface area contributed by atoms with Crippen molar-refractivity contribution in [2.24, 2.45) is 0 Å². The molecular weight excluding hydrogens is 164 g/mol. The standard InChI is InChI=1S/C10H10N2O/c1-8(10-6-13-7-12-10)9-4-2-3-5-11-9/h2-8H,1H3. The van der Waals surface area contributed by atoms with Gasteiger partial charge in [-0.25, -0.2) is 4.98 Å². The van der Waals surface area contributed by atoms with Gasteiger partial charge in [-0.1, -0.05) is 13.0 Å². The molecule has 2 rings (SSSR count). The molecule has 2 heterocycles. The van der Waals surface area contributed by atoms with Crippen LogP contribution in [-0.2, 0) is 0 Å². The number of pyridine rings is 1. The molecule has 0 aromatic carbocycles. The third-order valence-corrected chi connectivity index (χ3v) is 2.03. The van der Waals surface area contributed by atoms with E-state index in [9.17, 15) is 0 Å². The van der Waals surface area contributed by atoms with Gasteiger partial charge in [0.1, 0.15) is 6.26 Å². The van der Waals surface area contributed by atoms with E-state index in [1.807, 2.05) is 18.2 Å². The van der Waals surface area contributed by atoms with Crippen LogP contribution in [0.1, 0.15) is 24.2 Å². The Morgan fingerprint density at radius 1 is 1.23 bits per heavy atom. The Hall–Kier alpha value is -1.64. The Morgan fingerprint density at radius 2 is 2.15 bits per heavy atom.